The van der Waals surface area contributed by atoms with Gasteiger partial charge in [-0.1, -0.05) is 29.3 Å². The first-order valence-electron chi connectivity index (χ1n) is 8.06. The molecule has 2 aromatic rings. The summed E-state index contributed by atoms with van der Waals surface area (Å²) in [5.74, 6) is -0.619. The molecule has 0 aliphatic carbocycles. The zero-order valence-corrected chi connectivity index (χ0v) is 16.3. The van der Waals surface area contributed by atoms with Gasteiger partial charge in [-0.3, -0.25) is 0 Å². The molecule has 0 atom stereocenters. The number of halogens is 6. The summed E-state index contributed by atoms with van der Waals surface area (Å²) in [6.45, 7) is 1.85. The summed E-state index contributed by atoms with van der Waals surface area (Å²) >= 11 is 12.2. The number of carbonyl (C=O) groups is 1. The minimum Gasteiger partial charge on any atom is -0.477 e. The molecule has 0 aromatic heterocycles. The molecule has 0 aliphatic rings. The first kappa shape index (κ1) is 22.8. The SMILES string of the molecule is CCOC(=NC(=O)Nc1ccc(OC(F)(F)C(F)F)cc1)c1c(Cl)cccc1Cl. The van der Waals surface area contributed by atoms with Crippen molar-refractivity contribution in [3.63, 3.8) is 0 Å². The maximum atomic E-state index is 12.9. The van der Waals surface area contributed by atoms with E-state index in [-0.39, 0.29) is 33.8 Å². The van der Waals surface area contributed by atoms with Crippen molar-refractivity contribution >= 4 is 40.8 Å². The van der Waals surface area contributed by atoms with Crippen LogP contribution in [0.25, 0.3) is 0 Å². The maximum Gasteiger partial charge on any atom is 0.461 e. The van der Waals surface area contributed by atoms with Crippen LogP contribution in [0.1, 0.15) is 12.5 Å². The van der Waals surface area contributed by atoms with Gasteiger partial charge in [-0.25, -0.2) is 4.79 Å². The monoisotopic (exact) mass is 452 g/mol. The highest BCUT2D eigenvalue weighted by atomic mass is 35.5. The predicted octanol–water partition coefficient (Wildman–Crippen LogP) is 6.25. The summed E-state index contributed by atoms with van der Waals surface area (Å²) < 4.78 is 59.4. The van der Waals surface area contributed by atoms with Gasteiger partial charge in [0.15, 0.2) is 0 Å². The molecule has 1 N–H and O–H groups in total. The Hall–Kier alpha value is -2.52. The van der Waals surface area contributed by atoms with Gasteiger partial charge in [0.05, 0.1) is 22.2 Å². The Morgan fingerprint density at radius 1 is 1.14 bits per heavy atom. The lowest BCUT2D eigenvalue weighted by Gasteiger charge is -2.16. The van der Waals surface area contributed by atoms with Gasteiger partial charge in [-0.2, -0.15) is 22.6 Å². The van der Waals surface area contributed by atoms with Crippen molar-refractivity contribution in [2.45, 2.75) is 19.5 Å². The first-order valence-corrected chi connectivity index (χ1v) is 8.81. The van der Waals surface area contributed by atoms with E-state index in [1.165, 1.54) is 12.1 Å². The summed E-state index contributed by atoms with van der Waals surface area (Å²) in [6.07, 6.45) is -8.61. The molecule has 5 nitrogen and oxygen atoms in total. The Balaban J connectivity index is 2.16. The van der Waals surface area contributed by atoms with E-state index in [1.807, 2.05) is 0 Å². The number of carbonyl (C=O) groups excluding carboxylic acids is 1. The lowest BCUT2D eigenvalue weighted by atomic mass is 10.2. The summed E-state index contributed by atoms with van der Waals surface area (Å²) in [6, 6.07) is 8.16. The predicted molar refractivity (Wildman–Crippen MR) is 102 cm³/mol. The van der Waals surface area contributed by atoms with Crippen LogP contribution in [0, 0.1) is 0 Å². The highest BCUT2D eigenvalue weighted by molar-refractivity contribution is 6.39. The van der Waals surface area contributed by atoms with E-state index < -0.39 is 24.3 Å². The highest BCUT2D eigenvalue weighted by Gasteiger charge is 2.43. The number of anilines is 1. The molecule has 0 unspecified atom stereocenters. The number of amides is 2. The highest BCUT2D eigenvalue weighted by Crippen LogP contribution is 2.28. The molecule has 2 aromatic carbocycles. The van der Waals surface area contributed by atoms with E-state index in [2.05, 4.69) is 15.0 Å². The second-order valence-corrected chi connectivity index (χ2v) is 6.18. The fourth-order valence-corrected chi connectivity index (χ4v) is 2.61. The third-order valence-electron chi connectivity index (χ3n) is 3.27. The first-order chi connectivity index (χ1) is 13.6. The largest absolute Gasteiger partial charge is 0.477 e. The summed E-state index contributed by atoms with van der Waals surface area (Å²) in [4.78, 5) is 16.0. The molecule has 156 valence electrons. The van der Waals surface area contributed by atoms with Gasteiger partial charge < -0.3 is 14.8 Å². The van der Waals surface area contributed by atoms with Gasteiger partial charge in [-0.15, -0.1) is 0 Å². The third kappa shape index (κ3) is 6.23. The number of alkyl halides is 4. The molecule has 2 rings (SSSR count). The minimum atomic E-state index is -4.63. The van der Waals surface area contributed by atoms with Gasteiger partial charge >= 0.3 is 18.6 Å². The molecule has 0 heterocycles. The van der Waals surface area contributed by atoms with Crippen LogP contribution >= 0.6 is 23.2 Å². The van der Waals surface area contributed by atoms with E-state index in [9.17, 15) is 22.4 Å². The maximum absolute atomic E-state index is 12.9. The van der Waals surface area contributed by atoms with Crippen molar-refractivity contribution in [2.24, 2.45) is 4.99 Å². The Morgan fingerprint density at radius 2 is 1.72 bits per heavy atom. The molecule has 11 heteroatoms. The van der Waals surface area contributed by atoms with Crippen LogP contribution in [-0.4, -0.2) is 31.1 Å². The standard InChI is InChI=1S/C18H14Cl2F4N2O3/c1-2-28-15(14-12(19)4-3-5-13(14)20)26-17(27)25-10-6-8-11(9-7-10)29-18(23,24)16(21)22/h3-9,16H,2H2,1H3,(H,25,27). The van der Waals surface area contributed by atoms with Crippen LogP contribution in [0.15, 0.2) is 47.5 Å². The average Bonchev–Trinajstić information content (AvgIpc) is 2.63. The molecule has 2 amide bonds. The number of rotatable bonds is 6. The van der Waals surface area contributed by atoms with E-state index in [0.29, 0.717) is 0 Å². The second-order valence-electron chi connectivity index (χ2n) is 5.37. The van der Waals surface area contributed by atoms with Crippen LogP contribution < -0.4 is 10.1 Å². The molecule has 29 heavy (non-hydrogen) atoms. The van der Waals surface area contributed by atoms with Crippen LogP contribution in [0.5, 0.6) is 5.75 Å². The smallest absolute Gasteiger partial charge is 0.461 e. The van der Waals surface area contributed by atoms with Gasteiger partial charge in [0.1, 0.15) is 5.75 Å². The molecule has 0 aliphatic heterocycles. The number of benzene rings is 2. The number of urea groups is 1. The molecular formula is C18H14Cl2F4N2O3. The lowest BCUT2D eigenvalue weighted by Crippen LogP contribution is -2.33. The fraction of sp³-hybridized carbons (Fsp3) is 0.222. The summed E-state index contributed by atoms with van der Waals surface area (Å²) in [7, 11) is 0. The number of hydrogen-bond acceptors (Lipinski definition) is 3. The van der Waals surface area contributed by atoms with Crippen LogP contribution in [0.4, 0.5) is 28.0 Å². The number of nitrogens with zero attached hydrogens (tertiary/aromatic N) is 1. The lowest BCUT2D eigenvalue weighted by molar-refractivity contribution is -0.253. The molecular weight excluding hydrogens is 439 g/mol. The topological polar surface area (TPSA) is 59.9 Å². The Kier molecular flexibility index (Phi) is 7.69. The normalized spacial score (nSPS) is 12.1. The average molecular weight is 453 g/mol. The zero-order valence-electron chi connectivity index (χ0n) is 14.8. The van der Waals surface area contributed by atoms with Crippen molar-refractivity contribution < 1.29 is 31.8 Å². The van der Waals surface area contributed by atoms with Crippen LogP contribution in [-0.2, 0) is 4.74 Å². The van der Waals surface area contributed by atoms with Gasteiger partial charge in [0.2, 0.25) is 5.90 Å². The molecule has 0 spiro atoms. The van der Waals surface area contributed by atoms with E-state index in [4.69, 9.17) is 27.9 Å². The molecule has 0 radical (unpaired) electrons. The van der Waals surface area contributed by atoms with Crippen molar-refractivity contribution in [2.75, 3.05) is 11.9 Å². The Labute approximate surface area is 173 Å². The summed E-state index contributed by atoms with van der Waals surface area (Å²) in [5.41, 5.74) is 0.373. The third-order valence-corrected chi connectivity index (χ3v) is 3.90. The van der Waals surface area contributed by atoms with Crippen molar-refractivity contribution in [3.05, 3.63) is 58.1 Å². The summed E-state index contributed by atoms with van der Waals surface area (Å²) in [5, 5.41) is 2.81. The molecule has 0 fully saturated rings. The van der Waals surface area contributed by atoms with E-state index in [1.54, 1.807) is 25.1 Å². The van der Waals surface area contributed by atoms with Crippen LogP contribution in [0.2, 0.25) is 10.0 Å². The molecule has 0 saturated heterocycles. The fourth-order valence-electron chi connectivity index (χ4n) is 2.05. The van der Waals surface area contributed by atoms with Crippen molar-refractivity contribution in [1.29, 1.82) is 0 Å². The quantitative estimate of drug-likeness (QED) is 0.320. The van der Waals surface area contributed by atoms with Crippen molar-refractivity contribution in [1.82, 2.24) is 0 Å². The second kappa shape index (κ2) is 9.80. The minimum absolute atomic E-state index is 0.114. The van der Waals surface area contributed by atoms with E-state index in [0.717, 1.165) is 12.1 Å². The number of aliphatic imine (C=N–C) groups is 1. The zero-order chi connectivity index (χ0) is 21.6. The van der Waals surface area contributed by atoms with Crippen LogP contribution in [0.3, 0.4) is 0 Å². The Morgan fingerprint density at radius 3 is 2.24 bits per heavy atom. The molecule has 0 bridgehead atoms. The van der Waals surface area contributed by atoms with Crippen molar-refractivity contribution in [3.8, 4) is 5.75 Å². The van der Waals surface area contributed by atoms with Gasteiger partial charge in [-0.05, 0) is 43.3 Å². The van der Waals surface area contributed by atoms with Gasteiger partial charge in [0.25, 0.3) is 0 Å². The Bertz CT molecular complexity index is 873. The number of hydrogen-bond donors (Lipinski definition) is 1. The number of ether oxygens (including phenoxy) is 2. The number of nitrogens with one attached hydrogen (secondary N) is 1. The van der Waals surface area contributed by atoms with Gasteiger partial charge in [0, 0.05) is 5.69 Å². The molecule has 0 saturated carbocycles. The van der Waals surface area contributed by atoms with E-state index >= 15 is 0 Å².